The van der Waals surface area contributed by atoms with Crippen LogP contribution in [-0.4, -0.2) is 34.2 Å². The van der Waals surface area contributed by atoms with Crippen molar-refractivity contribution < 1.29 is 5.11 Å². The largest absolute Gasteiger partial charge is 0.512 e. The summed E-state index contributed by atoms with van der Waals surface area (Å²) in [5.74, 6) is 1.43. The van der Waals surface area contributed by atoms with Crippen molar-refractivity contribution in [1.29, 1.82) is 0 Å². The lowest BCUT2D eigenvalue weighted by Crippen LogP contribution is -2.34. The highest BCUT2D eigenvalue weighted by molar-refractivity contribution is 5.71. The van der Waals surface area contributed by atoms with E-state index in [1.165, 1.54) is 0 Å². The quantitative estimate of drug-likeness (QED) is 0.877. The van der Waals surface area contributed by atoms with Gasteiger partial charge in [0.05, 0.1) is 17.5 Å². The normalized spacial score (nSPS) is 19.7. The van der Waals surface area contributed by atoms with Crippen molar-refractivity contribution >= 4 is 17.2 Å². The van der Waals surface area contributed by atoms with Gasteiger partial charge in [-0.25, -0.2) is 9.97 Å². The van der Waals surface area contributed by atoms with Gasteiger partial charge in [-0.05, 0) is 43.0 Å². The summed E-state index contributed by atoms with van der Waals surface area (Å²) >= 11 is 0. The number of benzene rings is 1. The van der Waals surface area contributed by atoms with Crippen LogP contribution in [0.2, 0.25) is 0 Å². The second-order valence-corrected chi connectivity index (χ2v) is 7.41. The number of hydrogen-bond donors (Lipinski definition) is 2. The van der Waals surface area contributed by atoms with Gasteiger partial charge < -0.3 is 15.3 Å². The molecule has 5 nitrogen and oxygen atoms in total. The van der Waals surface area contributed by atoms with Gasteiger partial charge in [0.2, 0.25) is 5.95 Å². The number of nitrogens with zero attached hydrogens (tertiary/aromatic N) is 3. The van der Waals surface area contributed by atoms with Crippen LogP contribution in [0.15, 0.2) is 42.3 Å². The summed E-state index contributed by atoms with van der Waals surface area (Å²) in [4.78, 5) is 11.9. The molecule has 0 amide bonds. The number of anilines is 2. The van der Waals surface area contributed by atoms with Gasteiger partial charge in [-0.2, -0.15) is 0 Å². The molecule has 1 fully saturated rings. The summed E-state index contributed by atoms with van der Waals surface area (Å²) in [6.45, 7) is 6.15. The minimum absolute atomic E-state index is 0.232. The SMILES string of the molecule is CC(C)C1=C(O)CCc2cnc(N(c3ccccc3)C3CCNC3)nc21. The zero-order chi connectivity index (χ0) is 18.1. The second kappa shape index (κ2) is 7.08. The number of para-hydroxylation sites is 1. The lowest BCUT2D eigenvalue weighted by Gasteiger charge is -2.30. The molecular formula is C21H26N4O. The molecule has 2 aromatic rings. The van der Waals surface area contributed by atoms with Gasteiger partial charge in [-0.15, -0.1) is 0 Å². The van der Waals surface area contributed by atoms with E-state index in [2.05, 4.69) is 36.2 Å². The Labute approximate surface area is 154 Å². The van der Waals surface area contributed by atoms with E-state index in [1.54, 1.807) is 0 Å². The fourth-order valence-electron chi connectivity index (χ4n) is 4.00. The second-order valence-electron chi connectivity index (χ2n) is 7.41. The molecule has 0 saturated carbocycles. The average Bonchev–Trinajstić information content (AvgIpc) is 3.16. The number of rotatable bonds is 4. The Hall–Kier alpha value is -2.40. The van der Waals surface area contributed by atoms with E-state index in [0.29, 0.717) is 18.2 Å². The Morgan fingerprint density at radius 1 is 1.19 bits per heavy atom. The maximum atomic E-state index is 10.4. The Bertz CT molecular complexity index is 810. The minimum atomic E-state index is 0.232. The number of fused-ring (bicyclic) bond motifs is 1. The lowest BCUT2D eigenvalue weighted by molar-refractivity contribution is 0.383. The summed E-state index contributed by atoms with van der Waals surface area (Å²) in [6, 6.07) is 10.7. The molecule has 26 heavy (non-hydrogen) atoms. The molecule has 136 valence electrons. The zero-order valence-corrected chi connectivity index (χ0v) is 15.4. The number of aliphatic hydroxyl groups excluding tert-OH is 1. The third kappa shape index (κ3) is 3.07. The van der Waals surface area contributed by atoms with E-state index in [-0.39, 0.29) is 5.92 Å². The van der Waals surface area contributed by atoms with Crippen LogP contribution in [0.3, 0.4) is 0 Å². The molecule has 2 N–H and O–H groups in total. The minimum Gasteiger partial charge on any atom is -0.512 e. The van der Waals surface area contributed by atoms with E-state index in [0.717, 1.165) is 54.4 Å². The standard InChI is InChI=1S/C21H26N4O/c1-14(2)19-18(26)9-8-15-12-23-21(24-20(15)19)25(17-10-11-22-13-17)16-6-4-3-5-7-16/h3-7,12,14,17,22,26H,8-11,13H2,1-2H3. The first-order valence-corrected chi connectivity index (χ1v) is 9.48. The Kier molecular flexibility index (Phi) is 4.64. The first-order chi connectivity index (χ1) is 12.6. The Balaban J connectivity index is 1.81. The predicted octanol–water partition coefficient (Wildman–Crippen LogP) is 3.85. The third-order valence-electron chi connectivity index (χ3n) is 5.28. The maximum absolute atomic E-state index is 10.4. The molecular weight excluding hydrogens is 324 g/mol. The number of hydrogen-bond acceptors (Lipinski definition) is 5. The van der Waals surface area contributed by atoms with E-state index >= 15 is 0 Å². The van der Waals surface area contributed by atoms with E-state index in [9.17, 15) is 5.11 Å². The van der Waals surface area contributed by atoms with Crippen LogP contribution in [0.5, 0.6) is 0 Å². The molecule has 5 heteroatoms. The zero-order valence-electron chi connectivity index (χ0n) is 15.4. The van der Waals surface area contributed by atoms with Crippen LogP contribution >= 0.6 is 0 Å². The molecule has 0 radical (unpaired) electrons. The molecule has 0 bridgehead atoms. The van der Waals surface area contributed by atoms with Crippen molar-refractivity contribution in [2.24, 2.45) is 5.92 Å². The lowest BCUT2D eigenvalue weighted by atomic mass is 9.88. The Morgan fingerprint density at radius 3 is 2.69 bits per heavy atom. The number of aryl methyl sites for hydroxylation is 1. The van der Waals surface area contributed by atoms with Crippen molar-refractivity contribution in [3.05, 3.63) is 53.5 Å². The summed E-state index contributed by atoms with van der Waals surface area (Å²) in [5.41, 5.74) is 4.12. The number of nitrogens with one attached hydrogen (secondary N) is 1. The Morgan fingerprint density at radius 2 is 2.00 bits per heavy atom. The van der Waals surface area contributed by atoms with Gasteiger partial charge in [0.15, 0.2) is 0 Å². The van der Waals surface area contributed by atoms with Gasteiger partial charge in [0, 0.05) is 30.4 Å². The van der Waals surface area contributed by atoms with Crippen LogP contribution in [-0.2, 0) is 6.42 Å². The van der Waals surface area contributed by atoms with Gasteiger partial charge >= 0.3 is 0 Å². The van der Waals surface area contributed by atoms with Crippen LogP contribution in [0.4, 0.5) is 11.6 Å². The van der Waals surface area contributed by atoms with Crippen LogP contribution in [0.1, 0.15) is 37.9 Å². The fraction of sp³-hybridized carbons (Fsp3) is 0.429. The average molecular weight is 350 g/mol. The van der Waals surface area contributed by atoms with E-state index in [4.69, 9.17) is 9.97 Å². The molecule has 2 aliphatic rings. The smallest absolute Gasteiger partial charge is 0.230 e. The monoisotopic (exact) mass is 350 g/mol. The van der Waals surface area contributed by atoms with Gasteiger partial charge in [0.1, 0.15) is 0 Å². The first-order valence-electron chi connectivity index (χ1n) is 9.48. The summed E-state index contributed by atoms with van der Waals surface area (Å²) in [7, 11) is 0. The van der Waals surface area contributed by atoms with Crippen molar-refractivity contribution in [2.45, 2.75) is 39.2 Å². The molecule has 1 atom stereocenters. The molecule has 4 rings (SSSR count). The first kappa shape index (κ1) is 17.0. The molecule has 1 unspecified atom stereocenters. The van der Waals surface area contributed by atoms with Gasteiger partial charge in [0.25, 0.3) is 0 Å². The fourth-order valence-corrected chi connectivity index (χ4v) is 4.00. The van der Waals surface area contributed by atoms with Crippen LogP contribution in [0, 0.1) is 5.92 Å². The number of allylic oxidation sites excluding steroid dienone is 2. The molecule has 1 aromatic heterocycles. The van der Waals surface area contributed by atoms with Gasteiger partial charge in [-0.3, -0.25) is 0 Å². The van der Waals surface area contributed by atoms with E-state index in [1.807, 2.05) is 24.4 Å². The van der Waals surface area contributed by atoms with Crippen LogP contribution in [0.25, 0.3) is 5.57 Å². The highest BCUT2D eigenvalue weighted by Gasteiger charge is 2.29. The number of aliphatic hydroxyl groups is 1. The molecule has 1 aliphatic carbocycles. The van der Waals surface area contributed by atoms with Crippen molar-refractivity contribution in [3.63, 3.8) is 0 Å². The summed E-state index contributed by atoms with van der Waals surface area (Å²) < 4.78 is 0. The highest BCUT2D eigenvalue weighted by atomic mass is 16.3. The number of aromatic nitrogens is 2. The highest BCUT2D eigenvalue weighted by Crippen LogP contribution is 2.36. The van der Waals surface area contributed by atoms with Crippen molar-refractivity contribution in [1.82, 2.24) is 15.3 Å². The molecule has 2 heterocycles. The van der Waals surface area contributed by atoms with Gasteiger partial charge in [-0.1, -0.05) is 32.0 Å². The van der Waals surface area contributed by atoms with Crippen molar-refractivity contribution in [3.8, 4) is 0 Å². The third-order valence-corrected chi connectivity index (χ3v) is 5.28. The molecule has 1 aliphatic heterocycles. The summed E-state index contributed by atoms with van der Waals surface area (Å²) in [5, 5.41) is 13.9. The van der Waals surface area contributed by atoms with Crippen LogP contribution < -0.4 is 10.2 Å². The predicted molar refractivity (Wildman–Crippen MR) is 105 cm³/mol. The topological polar surface area (TPSA) is 61.3 Å². The van der Waals surface area contributed by atoms with Crippen molar-refractivity contribution in [2.75, 3.05) is 18.0 Å². The molecule has 1 saturated heterocycles. The summed E-state index contributed by atoms with van der Waals surface area (Å²) in [6.07, 6.45) is 4.49. The molecule has 0 spiro atoms. The van der Waals surface area contributed by atoms with E-state index < -0.39 is 0 Å². The molecule has 1 aromatic carbocycles. The maximum Gasteiger partial charge on any atom is 0.230 e.